The number of fused-ring (bicyclic) bond motifs is 1. The smallest absolute Gasteiger partial charge is 0.244 e. The Labute approximate surface area is 167 Å². The van der Waals surface area contributed by atoms with Crippen LogP contribution < -0.4 is 10.6 Å². The molecule has 1 aliphatic heterocycles. The number of hydrogen-bond acceptors (Lipinski definition) is 2. The summed E-state index contributed by atoms with van der Waals surface area (Å²) in [7, 11) is 0. The molecule has 0 saturated carbocycles. The van der Waals surface area contributed by atoms with Gasteiger partial charge in [-0.15, -0.1) is 0 Å². The van der Waals surface area contributed by atoms with Gasteiger partial charge in [-0.05, 0) is 36.0 Å². The van der Waals surface area contributed by atoms with E-state index in [1.807, 2.05) is 24.0 Å². The lowest BCUT2D eigenvalue weighted by atomic mass is 10.00. The van der Waals surface area contributed by atoms with Crippen LogP contribution in [-0.4, -0.2) is 42.9 Å². The molecule has 1 heterocycles. The van der Waals surface area contributed by atoms with Gasteiger partial charge in [0.2, 0.25) is 5.91 Å². The number of hydrogen-bond donors (Lipinski definition) is 2. The van der Waals surface area contributed by atoms with E-state index in [0.717, 1.165) is 26.1 Å². The minimum absolute atomic E-state index is 0.0720. The van der Waals surface area contributed by atoms with Crippen molar-refractivity contribution in [3.8, 4) is 0 Å². The Hall–Kier alpha value is -2.82. The maximum Gasteiger partial charge on any atom is 0.244 e. The van der Waals surface area contributed by atoms with Crippen molar-refractivity contribution >= 4 is 11.9 Å². The largest absolute Gasteiger partial charge is 0.357 e. The number of nitrogens with zero attached hydrogens (tertiary/aromatic N) is 2. The molecule has 148 valence electrons. The molecule has 2 aromatic rings. The number of amides is 1. The maximum absolute atomic E-state index is 12.6. The Kier molecular flexibility index (Phi) is 7.06. The van der Waals surface area contributed by atoms with E-state index in [9.17, 15) is 4.79 Å². The number of carbonyl (C=O) groups excluding carboxylic acids is 1. The first-order chi connectivity index (χ1) is 13.7. The second kappa shape index (κ2) is 9.93. The summed E-state index contributed by atoms with van der Waals surface area (Å²) >= 11 is 0. The third-order valence-electron chi connectivity index (χ3n) is 5.14. The second-order valence-corrected chi connectivity index (χ2v) is 7.22. The van der Waals surface area contributed by atoms with Crippen molar-refractivity contribution < 1.29 is 4.79 Å². The van der Waals surface area contributed by atoms with Crippen molar-refractivity contribution in [2.45, 2.75) is 32.7 Å². The first kappa shape index (κ1) is 19.9. The highest BCUT2D eigenvalue weighted by molar-refractivity contribution is 5.85. The van der Waals surface area contributed by atoms with Crippen LogP contribution in [0.3, 0.4) is 0 Å². The molecule has 0 saturated heterocycles. The molecule has 2 N–H and O–H groups in total. The molecule has 1 aliphatic rings. The monoisotopic (exact) mass is 378 g/mol. The lowest BCUT2D eigenvalue weighted by Crippen LogP contribution is -2.41. The molecule has 1 amide bonds. The van der Waals surface area contributed by atoms with Crippen LogP contribution in [0.5, 0.6) is 0 Å². The molecule has 3 rings (SSSR count). The Morgan fingerprint density at radius 3 is 2.54 bits per heavy atom. The number of rotatable bonds is 6. The fraction of sp³-hybridized carbons (Fsp3) is 0.391. The Morgan fingerprint density at radius 1 is 1.07 bits per heavy atom. The van der Waals surface area contributed by atoms with Crippen LogP contribution in [0.2, 0.25) is 0 Å². The Morgan fingerprint density at radius 2 is 1.79 bits per heavy atom. The van der Waals surface area contributed by atoms with E-state index in [0.29, 0.717) is 18.4 Å². The van der Waals surface area contributed by atoms with E-state index in [2.05, 4.69) is 65.0 Å². The highest BCUT2D eigenvalue weighted by atomic mass is 16.2. The summed E-state index contributed by atoms with van der Waals surface area (Å²) in [5, 5.41) is 6.59. The third-order valence-corrected chi connectivity index (χ3v) is 5.14. The van der Waals surface area contributed by atoms with Crippen LogP contribution in [0.4, 0.5) is 0 Å². The minimum atomic E-state index is 0.0720. The van der Waals surface area contributed by atoms with Crippen molar-refractivity contribution in [1.29, 1.82) is 0 Å². The molecule has 5 nitrogen and oxygen atoms in total. The Balaban J connectivity index is 1.54. The lowest BCUT2D eigenvalue weighted by Gasteiger charge is -2.28. The lowest BCUT2D eigenvalue weighted by molar-refractivity contribution is -0.130. The number of aliphatic imine (C=N–C) groups is 1. The van der Waals surface area contributed by atoms with E-state index in [-0.39, 0.29) is 12.5 Å². The van der Waals surface area contributed by atoms with E-state index >= 15 is 0 Å². The predicted molar refractivity (Wildman–Crippen MR) is 114 cm³/mol. The van der Waals surface area contributed by atoms with Crippen molar-refractivity contribution in [2.75, 3.05) is 26.2 Å². The van der Waals surface area contributed by atoms with Crippen LogP contribution in [-0.2, 0) is 17.8 Å². The van der Waals surface area contributed by atoms with Crippen LogP contribution in [0.25, 0.3) is 0 Å². The summed E-state index contributed by atoms with van der Waals surface area (Å²) in [6.45, 7) is 7.35. The van der Waals surface area contributed by atoms with Gasteiger partial charge >= 0.3 is 0 Å². The van der Waals surface area contributed by atoms with Crippen molar-refractivity contribution in [2.24, 2.45) is 4.99 Å². The average Bonchev–Trinajstić information content (AvgIpc) is 2.75. The standard InChI is InChI=1S/C23H30N4O/c1-3-24-23(25-15-18(2)19-9-5-4-6-10-19)26-16-22(28)27-14-13-20-11-7-8-12-21(20)17-27/h4-12,18H,3,13-17H2,1-2H3,(H2,24,25,26). The summed E-state index contributed by atoms with van der Waals surface area (Å²) in [6.07, 6.45) is 0.915. The molecule has 2 aromatic carbocycles. The molecule has 1 atom stereocenters. The van der Waals surface area contributed by atoms with Crippen LogP contribution in [0.15, 0.2) is 59.6 Å². The summed E-state index contributed by atoms with van der Waals surface area (Å²) in [4.78, 5) is 19.1. The molecule has 0 fully saturated rings. The van der Waals surface area contributed by atoms with Crippen molar-refractivity contribution in [3.63, 3.8) is 0 Å². The van der Waals surface area contributed by atoms with Crippen molar-refractivity contribution in [3.05, 3.63) is 71.3 Å². The normalized spacial score (nSPS) is 14.9. The van der Waals surface area contributed by atoms with Crippen molar-refractivity contribution in [1.82, 2.24) is 15.5 Å². The molecule has 0 aliphatic carbocycles. The number of nitrogens with one attached hydrogen (secondary N) is 2. The average molecular weight is 379 g/mol. The molecule has 0 spiro atoms. The van der Waals surface area contributed by atoms with Gasteiger partial charge in [0, 0.05) is 26.2 Å². The topological polar surface area (TPSA) is 56.7 Å². The molecular weight excluding hydrogens is 348 g/mol. The van der Waals surface area contributed by atoms with Gasteiger partial charge in [-0.1, -0.05) is 61.5 Å². The summed E-state index contributed by atoms with van der Waals surface area (Å²) < 4.78 is 0. The minimum Gasteiger partial charge on any atom is -0.357 e. The van der Waals surface area contributed by atoms with E-state index < -0.39 is 0 Å². The molecule has 0 aromatic heterocycles. The van der Waals surface area contributed by atoms with E-state index in [1.54, 1.807) is 0 Å². The van der Waals surface area contributed by atoms with Gasteiger partial charge in [0.25, 0.3) is 0 Å². The molecular formula is C23H30N4O. The van der Waals surface area contributed by atoms with Gasteiger partial charge in [-0.25, -0.2) is 4.99 Å². The number of carbonyl (C=O) groups is 1. The summed E-state index contributed by atoms with van der Waals surface area (Å²) in [5.41, 5.74) is 3.88. The molecule has 5 heteroatoms. The second-order valence-electron chi connectivity index (χ2n) is 7.22. The highest BCUT2D eigenvalue weighted by Crippen LogP contribution is 2.18. The fourth-order valence-electron chi connectivity index (χ4n) is 3.45. The highest BCUT2D eigenvalue weighted by Gasteiger charge is 2.20. The first-order valence-electron chi connectivity index (χ1n) is 10.1. The van der Waals surface area contributed by atoms with Gasteiger partial charge < -0.3 is 15.5 Å². The zero-order valence-electron chi connectivity index (χ0n) is 16.8. The number of benzene rings is 2. The van der Waals surface area contributed by atoms with Gasteiger partial charge in [0.1, 0.15) is 6.54 Å². The molecule has 28 heavy (non-hydrogen) atoms. The molecule has 0 bridgehead atoms. The summed E-state index contributed by atoms with van der Waals surface area (Å²) in [6, 6.07) is 18.8. The molecule has 1 unspecified atom stereocenters. The van der Waals surface area contributed by atoms with Crippen LogP contribution in [0.1, 0.15) is 36.5 Å². The fourth-order valence-corrected chi connectivity index (χ4v) is 3.45. The zero-order valence-corrected chi connectivity index (χ0v) is 16.8. The molecule has 0 radical (unpaired) electrons. The predicted octanol–water partition coefficient (Wildman–Crippen LogP) is 2.93. The quantitative estimate of drug-likeness (QED) is 0.600. The van der Waals surface area contributed by atoms with Gasteiger partial charge in [-0.2, -0.15) is 0 Å². The zero-order chi connectivity index (χ0) is 19.8. The van der Waals surface area contributed by atoms with E-state index in [4.69, 9.17) is 0 Å². The van der Waals surface area contributed by atoms with Gasteiger partial charge in [0.15, 0.2) is 5.96 Å². The first-order valence-corrected chi connectivity index (χ1v) is 10.1. The van der Waals surface area contributed by atoms with Gasteiger partial charge in [0.05, 0.1) is 0 Å². The SMILES string of the molecule is CCNC(=NCC(=O)N1CCc2ccccc2C1)NCC(C)c1ccccc1. The van der Waals surface area contributed by atoms with E-state index in [1.165, 1.54) is 16.7 Å². The Bertz CT molecular complexity index is 803. The van der Waals surface area contributed by atoms with Crippen LogP contribution >= 0.6 is 0 Å². The maximum atomic E-state index is 12.6. The van der Waals surface area contributed by atoms with Gasteiger partial charge in [-0.3, -0.25) is 4.79 Å². The third kappa shape index (κ3) is 5.35. The number of guanidine groups is 1. The summed E-state index contributed by atoms with van der Waals surface area (Å²) in [5.74, 6) is 1.12. The van der Waals surface area contributed by atoms with Crippen LogP contribution in [0, 0.1) is 0 Å².